The van der Waals surface area contributed by atoms with Crippen molar-refractivity contribution in [1.29, 1.82) is 0 Å². The predicted octanol–water partition coefficient (Wildman–Crippen LogP) is 3.37. The Labute approximate surface area is 203 Å². The molecule has 1 unspecified atom stereocenters. The van der Waals surface area contributed by atoms with Crippen molar-refractivity contribution >= 4 is 27.3 Å². The highest BCUT2D eigenvalue weighted by atomic mass is 32.2. The zero-order valence-corrected chi connectivity index (χ0v) is 20.0. The normalized spacial score (nSPS) is 16.6. The minimum Gasteiger partial charge on any atom is -0.497 e. The molecule has 2 heterocycles. The van der Waals surface area contributed by atoms with E-state index in [2.05, 4.69) is 5.32 Å². The molecule has 0 bridgehead atoms. The Hall–Kier alpha value is -3.92. The number of benzene rings is 3. The number of sulfonamides is 1. The van der Waals surface area contributed by atoms with Crippen LogP contribution >= 0.6 is 0 Å². The highest BCUT2D eigenvalue weighted by Gasteiger charge is 2.37. The molecule has 0 saturated carbocycles. The van der Waals surface area contributed by atoms with E-state index < -0.39 is 22.0 Å². The van der Waals surface area contributed by atoms with Gasteiger partial charge in [-0.3, -0.25) is 9.10 Å². The molecule has 9 nitrogen and oxygen atoms in total. The Morgan fingerprint density at radius 3 is 2.46 bits per heavy atom. The minimum absolute atomic E-state index is 0.0812. The monoisotopic (exact) mass is 496 g/mol. The number of rotatable bonds is 5. The van der Waals surface area contributed by atoms with E-state index in [-0.39, 0.29) is 11.4 Å². The lowest BCUT2D eigenvalue weighted by atomic mass is 10.1. The van der Waals surface area contributed by atoms with Gasteiger partial charge in [0, 0.05) is 11.8 Å². The molecule has 2 aliphatic rings. The second-order valence-corrected chi connectivity index (χ2v) is 10.00. The van der Waals surface area contributed by atoms with E-state index in [4.69, 9.17) is 18.9 Å². The smallest absolute Gasteiger partial charge is 0.267 e. The number of fused-ring (bicyclic) bond motifs is 2. The molecule has 0 fully saturated rings. The molecule has 1 N–H and O–H groups in total. The van der Waals surface area contributed by atoms with Crippen LogP contribution < -0.4 is 28.6 Å². The van der Waals surface area contributed by atoms with Gasteiger partial charge in [0.25, 0.3) is 15.9 Å². The molecule has 182 valence electrons. The van der Waals surface area contributed by atoms with Gasteiger partial charge < -0.3 is 24.3 Å². The zero-order chi connectivity index (χ0) is 24.6. The van der Waals surface area contributed by atoms with Crippen molar-refractivity contribution in [3.63, 3.8) is 0 Å². The third-order valence-corrected chi connectivity index (χ3v) is 7.53. The molecule has 3 aromatic carbocycles. The SMILES string of the molecule is COc1ccc(S(=O)(=O)N2CC(C(=O)Nc3ccc4c(c3)OCCO4)Oc3cc(C)ccc32)cc1. The molecule has 1 atom stereocenters. The second-order valence-electron chi connectivity index (χ2n) is 8.14. The first-order valence-electron chi connectivity index (χ1n) is 11.0. The Kier molecular flexibility index (Phi) is 5.89. The summed E-state index contributed by atoms with van der Waals surface area (Å²) in [5.74, 6) is 1.51. The number of nitrogens with zero attached hydrogens (tertiary/aromatic N) is 1. The van der Waals surface area contributed by atoms with Crippen molar-refractivity contribution in [3.8, 4) is 23.0 Å². The van der Waals surface area contributed by atoms with Gasteiger partial charge in [0.2, 0.25) is 0 Å². The van der Waals surface area contributed by atoms with E-state index in [0.29, 0.717) is 47.6 Å². The largest absolute Gasteiger partial charge is 0.497 e. The maximum Gasteiger partial charge on any atom is 0.267 e. The lowest BCUT2D eigenvalue weighted by Gasteiger charge is -2.35. The molecule has 0 spiro atoms. The summed E-state index contributed by atoms with van der Waals surface area (Å²) in [6.07, 6.45) is -1.08. The summed E-state index contributed by atoms with van der Waals surface area (Å²) in [4.78, 5) is 13.3. The maximum atomic E-state index is 13.6. The van der Waals surface area contributed by atoms with E-state index >= 15 is 0 Å². The molecule has 5 rings (SSSR count). The van der Waals surface area contributed by atoms with Crippen LogP contribution in [-0.2, 0) is 14.8 Å². The molecule has 2 aliphatic heterocycles. The molecule has 0 aliphatic carbocycles. The molecule has 0 saturated heterocycles. The van der Waals surface area contributed by atoms with Crippen molar-refractivity contribution in [2.45, 2.75) is 17.9 Å². The Bertz CT molecular complexity index is 1370. The van der Waals surface area contributed by atoms with Crippen molar-refractivity contribution in [2.75, 3.05) is 36.5 Å². The van der Waals surface area contributed by atoms with Crippen LogP contribution in [0.25, 0.3) is 0 Å². The van der Waals surface area contributed by atoms with E-state index in [1.807, 2.05) is 6.92 Å². The van der Waals surface area contributed by atoms with E-state index in [9.17, 15) is 13.2 Å². The van der Waals surface area contributed by atoms with Gasteiger partial charge in [0.05, 0.1) is 24.2 Å². The van der Waals surface area contributed by atoms with Crippen molar-refractivity contribution < 1.29 is 32.2 Å². The summed E-state index contributed by atoms with van der Waals surface area (Å²) in [5, 5.41) is 2.80. The number of hydrogen-bond donors (Lipinski definition) is 1. The van der Waals surface area contributed by atoms with Gasteiger partial charge in [-0.15, -0.1) is 0 Å². The number of carbonyl (C=O) groups excluding carboxylic acids is 1. The fraction of sp³-hybridized carbons (Fsp3) is 0.240. The summed E-state index contributed by atoms with van der Waals surface area (Å²) in [6.45, 7) is 2.56. The van der Waals surface area contributed by atoms with Crippen LogP contribution in [0.5, 0.6) is 23.0 Å². The highest BCUT2D eigenvalue weighted by Crippen LogP contribution is 2.38. The molecule has 1 amide bonds. The second kappa shape index (κ2) is 9.03. The standard InChI is InChI=1S/C25H24N2O7S/c1-16-3-9-20-22(13-16)34-24(15-27(20)35(29,30)19-7-5-18(31-2)6-8-19)25(28)26-17-4-10-21-23(14-17)33-12-11-32-21/h3-10,13-14,24H,11-12,15H2,1-2H3,(H,26,28). The number of aryl methyl sites for hydroxylation is 1. The van der Waals surface area contributed by atoms with Crippen LogP contribution in [0.15, 0.2) is 65.6 Å². The number of anilines is 2. The van der Waals surface area contributed by atoms with Gasteiger partial charge in [-0.1, -0.05) is 6.07 Å². The minimum atomic E-state index is -3.98. The van der Waals surface area contributed by atoms with Crippen molar-refractivity contribution in [2.24, 2.45) is 0 Å². The fourth-order valence-electron chi connectivity index (χ4n) is 3.94. The molecule has 0 aromatic heterocycles. The molecule has 10 heteroatoms. The topological polar surface area (TPSA) is 103 Å². The van der Waals surface area contributed by atoms with Crippen molar-refractivity contribution in [1.82, 2.24) is 0 Å². The number of hydrogen-bond acceptors (Lipinski definition) is 7. The van der Waals surface area contributed by atoms with Gasteiger partial charge in [-0.2, -0.15) is 0 Å². The molecule has 35 heavy (non-hydrogen) atoms. The van der Waals surface area contributed by atoms with Crippen LogP contribution in [0.3, 0.4) is 0 Å². The predicted molar refractivity (Wildman–Crippen MR) is 129 cm³/mol. The first-order chi connectivity index (χ1) is 16.8. The van der Waals surface area contributed by atoms with Gasteiger partial charge in [-0.25, -0.2) is 8.42 Å². The number of carbonyl (C=O) groups is 1. The van der Waals surface area contributed by atoms with Gasteiger partial charge in [-0.05, 0) is 61.0 Å². The number of amides is 1. The van der Waals surface area contributed by atoms with Crippen LogP contribution in [0.1, 0.15) is 5.56 Å². The Morgan fingerprint density at radius 1 is 0.971 bits per heavy atom. The van der Waals surface area contributed by atoms with Crippen LogP contribution in [0, 0.1) is 6.92 Å². The third kappa shape index (κ3) is 4.44. The number of methoxy groups -OCH3 is 1. The number of nitrogens with one attached hydrogen (secondary N) is 1. The first kappa shape index (κ1) is 22.9. The van der Waals surface area contributed by atoms with Gasteiger partial charge in [0.15, 0.2) is 17.6 Å². The summed E-state index contributed by atoms with van der Waals surface area (Å²) in [6, 6.07) is 16.4. The van der Waals surface area contributed by atoms with E-state index in [1.165, 1.54) is 23.5 Å². The van der Waals surface area contributed by atoms with E-state index in [0.717, 1.165) is 5.56 Å². The highest BCUT2D eigenvalue weighted by molar-refractivity contribution is 7.92. The molecular weight excluding hydrogens is 472 g/mol. The molecule has 0 radical (unpaired) electrons. The summed E-state index contributed by atoms with van der Waals surface area (Å²) in [7, 11) is -2.47. The van der Waals surface area contributed by atoms with Crippen LogP contribution in [0.4, 0.5) is 11.4 Å². The summed E-state index contributed by atoms with van der Waals surface area (Å²) in [5.41, 5.74) is 1.73. The molecular formula is C25H24N2O7S. The number of ether oxygens (including phenoxy) is 4. The van der Waals surface area contributed by atoms with Crippen molar-refractivity contribution in [3.05, 3.63) is 66.2 Å². The van der Waals surface area contributed by atoms with Crippen LogP contribution in [0.2, 0.25) is 0 Å². The molecule has 3 aromatic rings. The van der Waals surface area contributed by atoms with E-state index in [1.54, 1.807) is 48.5 Å². The average molecular weight is 497 g/mol. The van der Waals surface area contributed by atoms with Gasteiger partial charge in [0.1, 0.15) is 24.7 Å². The lowest BCUT2D eigenvalue weighted by Crippen LogP contribution is -2.48. The fourth-order valence-corrected chi connectivity index (χ4v) is 5.42. The summed E-state index contributed by atoms with van der Waals surface area (Å²) >= 11 is 0. The summed E-state index contributed by atoms with van der Waals surface area (Å²) < 4.78 is 50.6. The quantitative estimate of drug-likeness (QED) is 0.578. The first-order valence-corrected chi connectivity index (χ1v) is 12.4. The van der Waals surface area contributed by atoms with Crippen LogP contribution in [-0.4, -0.2) is 47.3 Å². The lowest BCUT2D eigenvalue weighted by molar-refractivity contribution is -0.122. The zero-order valence-electron chi connectivity index (χ0n) is 19.2. The van der Waals surface area contributed by atoms with Gasteiger partial charge >= 0.3 is 0 Å². The third-order valence-electron chi connectivity index (χ3n) is 5.73. The average Bonchev–Trinajstić information content (AvgIpc) is 2.87. The Balaban J connectivity index is 1.44. The maximum absolute atomic E-state index is 13.6. The Morgan fingerprint density at radius 2 is 1.71 bits per heavy atom.